The first-order chi connectivity index (χ1) is 6.68. The molecule has 72 valence electrons. The number of aryl methyl sites for hydroxylation is 2. The summed E-state index contributed by atoms with van der Waals surface area (Å²) in [5.41, 5.74) is 1.27. The van der Waals surface area contributed by atoms with E-state index in [-0.39, 0.29) is 0 Å². The molecule has 4 nitrogen and oxygen atoms in total. The van der Waals surface area contributed by atoms with Crippen LogP contribution in [0.3, 0.4) is 0 Å². The number of rotatable bonds is 1. The predicted octanol–water partition coefficient (Wildman–Crippen LogP) is 1.43. The highest BCUT2D eigenvalue weighted by Crippen LogP contribution is 2.41. The smallest absolute Gasteiger partial charge is 0.171 e. The van der Waals surface area contributed by atoms with Crippen LogP contribution in [0.25, 0.3) is 0 Å². The van der Waals surface area contributed by atoms with Gasteiger partial charge in [-0.25, -0.2) is 4.98 Å². The van der Waals surface area contributed by atoms with Gasteiger partial charge >= 0.3 is 0 Å². The molecule has 4 heteroatoms. The Morgan fingerprint density at radius 2 is 1.93 bits per heavy atom. The van der Waals surface area contributed by atoms with Crippen LogP contribution in [-0.4, -0.2) is 15.2 Å². The molecule has 0 N–H and O–H groups in total. The Morgan fingerprint density at radius 3 is 2.36 bits per heavy atom. The van der Waals surface area contributed by atoms with E-state index < -0.39 is 5.41 Å². The molecule has 14 heavy (non-hydrogen) atoms. The number of nitriles is 1. The predicted molar refractivity (Wildman–Crippen MR) is 50.4 cm³/mol. The highest BCUT2D eigenvalue weighted by atomic mass is 15.2. The Bertz CT molecular complexity index is 401. The molecule has 1 fully saturated rings. The summed E-state index contributed by atoms with van der Waals surface area (Å²) in [5.74, 6) is 0.606. The molecular formula is C10H12N4. The number of hydrogen-bond acceptors (Lipinski definition) is 4. The molecule has 1 saturated carbocycles. The zero-order chi connectivity index (χ0) is 10.2. The Hall–Kier alpha value is -1.50. The van der Waals surface area contributed by atoms with Crippen LogP contribution in [0.4, 0.5) is 0 Å². The highest BCUT2D eigenvalue weighted by molar-refractivity contribution is 5.25. The van der Waals surface area contributed by atoms with Crippen molar-refractivity contribution in [2.45, 2.75) is 38.5 Å². The van der Waals surface area contributed by atoms with E-state index >= 15 is 0 Å². The van der Waals surface area contributed by atoms with Crippen LogP contribution in [0.5, 0.6) is 0 Å². The van der Waals surface area contributed by atoms with Crippen molar-refractivity contribution in [3.05, 3.63) is 17.2 Å². The maximum atomic E-state index is 9.09. The Balaban J connectivity index is 2.42. The van der Waals surface area contributed by atoms with Crippen molar-refractivity contribution in [1.29, 1.82) is 5.26 Å². The van der Waals surface area contributed by atoms with Gasteiger partial charge in [-0.2, -0.15) is 10.4 Å². The fourth-order valence-corrected chi connectivity index (χ4v) is 1.58. The van der Waals surface area contributed by atoms with Gasteiger partial charge in [-0.15, -0.1) is 5.10 Å². The van der Waals surface area contributed by atoms with Crippen molar-refractivity contribution in [3.63, 3.8) is 0 Å². The zero-order valence-corrected chi connectivity index (χ0v) is 8.41. The molecule has 0 spiro atoms. The third-order valence-electron chi connectivity index (χ3n) is 2.94. The highest BCUT2D eigenvalue weighted by Gasteiger charge is 2.42. The zero-order valence-electron chi connectivity index (χ0n) is 8.41. The summed E-state index contributed by atoms with van der Waals surface area (Å²) >= 11 is 0. The lowest BCUT2D eigenvalue weighted by atomic mass is 9.69. The second-order valence-electron chi connectivity index (χ2n) is 3.85. The molecule has 1 aromatic heterocycles. The SMILES string of the molecule is Cc1nnc(C2(C#N)CCC2)nc1C. The maximum Gasteiger partial charge on any atom is 0.171 e. The summed E-state index contributed by atoms with van der Waals surface area (Å²) in [7, 11) is 0. The van der Waals surface area contributed by atoms with Crippen molar-refractivity contribution in [2.75, 3.05) is 0 Å². The molecule has 1 aliphatic carbocycles. The lowest BCUT2D eigenvalue weighted by Crippen LogP contribution is -2.35. The largest absolute Gasteiger partial charge is 0.233 e. The molecular weight excluding hydrogens is 176 g/mol. The first kappa shape index (κ1) is 9.07. The first-order valence-corrected chi connectivity index (χ1v) is 4.78. The molecule has 0 radical (unpaired) electrons. The minimum absolute atomic E-state index is 0.439. The lowest BCUT2D eigenvalue weighted by molar-refractivity contribution is 0.303. The molecule has 0 atom stereocenters. The summed E-state index contributed by atoms with van der Waals surface area (Å²) in [6.07, 6.45) is 2.82. The van der Waals surface area contributed by atoms with E-state index in [4.69, 9.17) is 5.26 Å². The first-order valence-electron chi connectivity index (χ1n) is 4.78. The van der Waals surface area contributed by atoms with Crippen molar-refractivity contribution < 1.29 is 0 Å². The molecule has 0 aromatic carbocycles. The van der Waals surface area contributed by atoms with Gasteiger partial charge in [-0.3, -0.25) is 0 Å². The van der Waals surface area contributed by atoms with Gasteiger partial charge in [-0.05, 0) is 33.1 Å². The minimum atomic E-state index is -0.439. The van der Waals surface area contributed by atoms with Gasteiger partial charge in [0.15, 0.2) is 5.82 Å². The van der Waals surface area contributed by atoms with Crippen molar-refractivity contribution in [1.82, 2.24) is 15.2 Å². The van der Waals surface area contributed by atoms with Gasteiger partial charge in [0.25, 0.3) is 0 Å². The third-order valence-corrected chi connectivity index (χ3v) is 2.94. The average molecular weight is 188 g/mol. The van der Waals surface area contributed by atoms with E-state index in [0.29, 0.717) is 5.82 Å². The van der Waals surface area contributed by atoms with Crippen LogP contribution < -0.4 is 0 Å². The molecule has 1 aliphatic rings. The van der Waals surface area contributed by atoms with Crippen molar-refractivity contribution in [2.24, 2.45) is 0 Å². The summed E-state index contributed by atoms with van der Waals surface area (Å²) in [6, 6.07) is 2.31. The third kappa shape index (κ3) is 1.17. The standard InChI is InChI=1S/C10H12N4/c1-7-8(2)13-14-9(12-7)10(6-11)4-3-5-10/h3-5H2,1-2H3. The van der Waals surface area contributed by atoms with E-state index in [1.165, 1.54) is 0 Å². The topological polar surface area (TPSA) is 62.5 Å². The van der Waals surface area contributed by atoms with Gasteiger partial charge < -0.3 is 0 Å². The molecule has 0 unspecified atom stereocenters. The normalized spacial score (nSPS) is 18.4. The van der Waals surface area contributed by atoms with Crippen LogP contribution in [0.15, 0.2) is 0 Å². The Morgan fingerprint density at radius 1 is 1.21 bits per heavy atom. The van der Waals surface area contributed by atoms with E-state index in [2.05, 4.69) is 21.3 Å². The number of aromatic nitrogens is 3. The second-order valence-corrected chi connectivity index (χ2v) is 3.85. The van der Waals surface area contributed by atoms with Crippen molar-refractivity contribution in [3.8, 4) is 6.07 Å². The summed E-state index contributed by atoms with van der Waals surface area (Å²) in [5, 5.41) is 17.1. The van der Waals surface area contributed by atoms with E-state index in [0.717, 1.165) is 30.7 Å². The summed E-state index contributed by atoms with van der Waals surface area (Å²) in [4.78, 5) is 4.34. The summed E-state index contributed by atoms with van der Waals surface area (Å²) in [6.45, 7) is 3.77. The van der Waals surface area contributed by atoms with Crippen LogP contribution in [0, 0.1) is 25.2 Å². The van der Waals surface area contributed by atoms with Crippen LogP contribution in [-0.2, 0) is 5.41 Å². The van der Waals surface area contributed by atoms with Crippen LogP contribution in [0.1, 0.15) is 36.5 Å². The number of nitrogens with zero attached hydrogens (tertiary/aromatic N) is 4. The average Bonchev–Trinajstić information content (AvgIpc) is 2.10. The van der Waals surface area contributed by atoms with Gasteiger partial charge in [0.05, 0.1) is 17.5 Å². The maximum absolute atomic E-state index is 9.09. The second kappa shape index (κ2) is 3.02. The van der Waals surface area contributed by atoms with Gasteiger partial charge in [0, 0.05) is 0 Å². The lowest BCUT2D eigenvalue weighted by Gasteiger charge is -2.32. The molecule has 2 rings (SSSR count). The molecule has 0 bridgehead atoms. The van der Waals surface area contributed by atoms with Crippen LogP contribution >= 0.6 is 0 Å². The summed E-state index contributed by atoms with van der Waals surface area (Å²) < 4.78 is 0. The van der Waals surface area contributed by atoms with Crippen molar-refractivity contribution >= 4 is 0 Å². The Labute approximate surface area is 83.0 Å². The molecule has 0 amide bonds. The molecule has 1 aromatic rings. The molecule has 0 saturated heterocycles. The van der Waals surface area contributed by atoms with E-state index in [1.54, 1.807) is 0 Å². The van der Waals surface area contributed by atoms with Gasteiger partial charge in [0.1, 0.15) is 5.41 Å². The number of hydrogen-bond donors (Lipinski definition) is 0. The van der Waals surface area contributed by atoms with Crippen LogP contribution in [0.2, 0.25) is 0 Å². The minimum Gasteiger partial charge on any atom is -0.233 e. The monoisotopic (exact) mass is 188 g/mol. The van der Waals surface area contributed by atoms with E-state index in [9.17, 15) is 0 Å². The molecule has 1 heterocycles. The van der Waals surface area contributed by atoms with E-state index in [1.807, 2.05) is 13.8 Å². The van der Waals surface area contributed by atoms with Gasteiger partial charge in [-0.1, -0.05) is 0 Å². The fourth-order valence-electron chi connectivity index (χ4n) is 1.58. The fraction of sp³-hybridized carbons (Fsp3) is 0.600. The van der Waals surface area contributed by atoms with Gasteiger partial charge in [0.2, 0.25) is 0 Å². The molecule has 0 aliphatic heterocycles. The quantitative estimate of drug-likeness (QED) is 0.668. The Kier molecular flexibility index (Phi) is 1.95.